The van der Waals surface area contributed by atoms with Gasteiger partial charge in [0.1, 0.15) is 6.61 Å². The molecule has 1 unspecified atom stereocenters. The average Bonchev–Trinajstić information content (AvgIpc) is 3.47. The van der Waals surface area contributed by atoms with E-state index in [0.29, 0.717) is 43.1 Å². The van der Waals surface area contributed by atoms with E-state index in [0.717, 1.165) is 3.97 Å². The number of rotatable bonds is 7. The maximum Gasteiger partial charge on any atom is 0.409 e. The fraction of sp³-hybridized carbons (Fsp3) is 0.348. The van der Waals surface area contributed by atoms with E-state index in [1.54, 1.807) is 29.2 Å². The molecule has 2 aliphatic rings. The van der Waals surface area contributed by atoms with Crippen LogP contribution in [0.1, 0.15) is 6.42 Å². The van der Waals surface area contributed by atoms with Crippen molar-refractivity contribution >= 4 is 48.6 Å². The number of aromatic nitrogens is 1. The SMILES string of the molecule is O=C1OCCN1CCC1CN(S(=O)(=O)c2cc3cc(Cl)ccc3n2S(=O)(=O)c2ccccc2)CCN1. The number of amides is 1. The Labute approximate surface area is 214 Å². The molecule has 5 rings (SSSR count). The summed E-state index contributed by atoms with van der Waals surface area (Å²) in [6.07, 6.45) is 0.159. The summed E-state index contributed by atoms with van der Waals surface area (Å²) in [4.78, 5) is 13.3. The Morgan fingerprint density at radius 2 is 1.78 bits per heavy atom. The zero-order valence-corrected chi connectivity index (χ0v) is 21.6. The van der Waals surface area contributed by atoms with Crippen LogP contribution in [0.2, 0.25) is 5.02 Å². The van der Waals surface area contributed by atoms with Crippen molar-refractivity contribution in [1.82, 2.24) is 18.5 Å². The zero-order chi connectivity index (χ0) is 25.5. The first-order valence-corrected chi connectivity index (χ1v) is 14.7. The summed E-state index contributed by atoms with van der Waals surface area (Å²) in [7, 11) is -8.45. The summed E-state index contributed by atoms with van der Waals surface area (Å²) in [5.41, 5.74) is 0.223. The number of nitrogens with zero attached hydrogens (tertiary/aromatic N) is 3. The molecule has 0 bridgehead atoms. The van der Waals surface area contributed by atoms with Crippen LogP contribution in [-0.2, 0) is 24.8 Å². The van der Waals surface area contributed by atoms with Gasteiger partial charge in [-0.1, -0.05) is 29.8 Å². The third-order valence-corrected chi connectivity index (χ3v) is 10.3. The molecule has 2 fully saturated rings. The van der Waals surface area contributed by atoms with E-state index in [9.17, 15) is 21.6 Å². The molecule has 192 valence electrons. The van der Waals surface area contributed by atoms with Gasteiger partial charge in [0.2, 0.25) is 0 Å². The summed E-state index contributed by atoms with van der Waals surface area (Å²) < 4.78 is 62.3. The molecule has 0 saturated carbocycles. The van der Waals surface area contributed by atoms with Gasteiger partial charge in [0.25, 0.3) is 20.0 Å². The first-order chi connectivity index (χ1) is 17.2. The Hall–Kier alpha value is -2.64. The Morgan fingerprint density at radius 1 is 1.00 bits per heavy atom. The minimum absolute atomic E-state index is 0.0235. The predicted molar refractivity (Wildman–Crippen MR) is 134 cm³/mol. The van der Waals surface area contributed by atoms with E-state index < -0.39 is 20.0 Å². The molecule has 3 heterocycles. The number of fused-ring (bicyclic) bond motifs is 1. The lowest BCUT2D eigenvalue weighted by atomic mass is 10.1. The standard InChI is InChI=1S/C23H25ClN4O6S2/c24-18-6-7-21-17(14-18)15-22(28(21)35(30,31)20-4-2-1-3-5-20)36(32,33)27-11-9-25-19(16-27)8-10-26-12-13-34-23(26)29/h1-7,14-15,19,25H,8-13,16H2. The lowest BCUT2D eigenvalue weighted by Crippen LogP contribution is -2.53. The number of hydrogen-bond acceptors (Lipinski definition) is 7. The molecule has 1 atom stereocenters. The van der Waals surface area contributed by atoms with Gasteiger partial charge in [-0.2, -0.15) is 4.31 Å². The third-order valence-electron chi connectivity index (χ3n) is 6.38. The molecule has 1 amide bonds. The van der Waals surface area contributed by atoms with E-state index in [2.05, 4.69) is 5.32 Å². The summed E-state index contributed by atoms with van der Waals surface area (Å²) >= 11 is 6.13. The summed E-state index contributed by atoms with van der Waals surface area (Å²) in [6.45, 7) is 2.00. The van der Waals surface area contributed by atoms with Gasteiger partial charge in [0, 0.05) is 42.6 Å². The number of carbonyl (C=O) groups is 1. The second-order valence-electron chi connectivity index (χ2n) is 8.67. The number of piperazine rings is 1. The number of halogens is 1. The first-order valence-electron chi connectivity index (χ1n) is 11.4. The minimum Gasteiger partial charge on any atom is -0.448 e. The fourth-order valence-electron chi connectivity index (χ4n) is 4.54. The van der Waals surface area contributed by atoms with Crippen LogP contribution >= 0.6 is 11.6 Å². The van der Waals surface area contributed by atoms with Crippen molar-refractivity contribution in [3.8, 4) is 0 Å². The van der Waals surface area contributed by atoms with Gasteiger partial charge < -0.3 is 15.0 Å². The van der Waals surface area contributed by atoms with Crippen molar-refractivity contribution in [3.05, 3.63) is 59.6 Å². The second kappa shape index (κ2) is 9.67. The molecule has 1 N–H and O–H groups in total. The Morgan fingerprint density at radius 3 is 2.50 bits per heavy atom. The van der Waals surface area contributed by atoms with E-state index in [4.69, 9.17) is 16.3 Å². The number of carbonyl (C=O) groups excluding carboxylic acids is 1. The number of hydrogen-bond donors (Lipinski definition) is 1. The molecule has 0 radical (unpaired) electrons. The number of sulfonamides is 1. The third kappa shape index (κ3) is 4.59. The summed E-state index contributed by atoms with van der Waals surface area (Å²) in [6, 6.07) is 13.4. The first kappa shape index (κ1) is 25.0. The lowest BCUT2D eigenvalue weighted by molar-refractivity contribution is 0.156. The highest BCUT2D eigenvalue weighted by molar-refractivity contribution is 7.92. The molecule has 0 spiro atoms. The van der Waals surface area contributed by atoms with Crippen LogP contribution in [0.5, 0.6) is 0 Å². The molecule has 36 heavy (non-hydrogen) atoms. The van der Waals surface area contributed by atoms with Gasteiger partial charge in [0.05, 0.1) is 17.0 Å². The summed E-state index contributed by atoms with van der Waals surface area (Å²) in [5, 5.41) is 3.72. The maximum atomic E-state index is 13.9. The molecule has 2 aliphatic heterocycles. The second-order valence-corrected chi connectivity index (χ2v) is 12.8. The van der Waals surface area contributed by atoms with Crippen molar-refractivity contribution in [2.45, 2.75) is 22.4 Å². The van der Waals surface area contributed by atoms with Gasteiger partial charge in [-0.25, -0.2) is 25.6 Å². The van der Waals surface area contributed by atoms with E-state index in [-0.39, 0.29) is 40.7 Å². The van der Waals surface area contributed by atoms with Gasteiger partial charge in [-0.15, -0.1) is 0 Å². The lowest BCUT2D eigenvalue weighted by Gasteiger charge is -2.33. The molecule has 3 aromatic rings. The van der Waals surface area contributed by atoms with Gasteiger partial charge >= 0.3 is 6.09 Å². The van der Waals surface area contributed by atoms with Crippen molar-refractivity contribution in [3.63, 3.8) is 0 Å². The number of benzene rings is 2. The predicted octanol–water partition coefficient (Wildman–Crippen LogP) is 2.34. The van der Waals surface area contributed by atoms with Gasteiger partial charge in [0.15, 0.2) is 5.03 Å². The average molecular weight is 553 g/mol. The normalized spacial score (nSPS) is 19.6. The van der Waals surface area contributed by atoms with Crippen LogP contribution in [0.25, 0.3) is 10.9 Å². The van der Waals surface area contributed by atoms with Crippen LogP contribution in [0, 0.1) is 0 Å². The fourth-order valence-corrected chi connectivity index (χ4v) is 8.28. The molecule has 13 heteroatoms. The van der Waals surface area contributed by atoms with Crippen molar-refractivity contribution in [2.24, 2.45) is 0 Å². The molecule has 10 nitrogen and oxygen atoms in total. The van der Waals surface area contributed by atoms with Crippen LogP contribution in [-0.4, -0.2) is 81.5 Å². The highest BCUT2D eigenvalue weighted by Gasteiger charge is 2.36. The quantitative estimate of drug-likeness (QED) is 0.478. The monoisotopic (exact) mass is 552 g/mol. The number of nitrogens with one attached hydrogen (secondary N) is 1. The molecular formula is C23H25ClN4O6S2. The van der Waals surface area contributed by atoms with Crippen molar-refractivity contribution < 1.29 is 26.4 Å². The minimum atomic E-state index is -4.23. The van der Waals surface area contributed by atoms with E-state index in [1.807, 2.05) is 0 Å². The highest BCUT2D eigenvalue weighted by atomic mass is 35.5. The van der Waals surface area contributed by atoms with Crippen molar-refractivity contribution in [1.29, 1.82) is 0 Å². The largest absolute Gasteiger partial charge is 0.448 e. The zero-order valence-electron chi connectivity index (χ0n) is 19.2. The van der Waals surface area contributed by atoms with Gasteiger partial charge in [-0.3, -0.25) is 0 Å². The topological polar surface area (TPSA) is 118 Å². The Kier molecular flexibility index (Phi) is 6.72. The number of ether oxygens (including phenoxy) is 1. The van der Waals surface area contributed by atoms with Crippen LogP contribution in [0.4, 0.5) is 4.79 Å². The van der Waals surface area contributed by atoms with E-state index >= 15 is 0 Å². The number of cyclic esters (lactones) is 1. The van der Waals surface area contributed by atoms with Crippen LogP contribution < -0.4 is 5.32 Å². The Bertz CT molecular complexity index is 1510. The van der Waals surface area contributed by atoms with E-state index in [1.165, 1.54) is 34.6 Å². The maximum absolute atomic E-state index is 13.9. The molecule has 1 aromatic heterocycles. The highest BCUT2D eigenvalue weighted by Crippen LogP contribution is 2.32. The molecule has 0 aliphatic carbocycles. The van der Waals surface area contributed by atoms with Crippen LogP contribution in [0.15, 0.2) is 64.5 Å². The summed E-state index contributed by atoms with van der Waals surface area (Å²) in [5.74, 6) is 0. The van der Waals surface area contributed by atoms with Crippen LogP contribution in [0.3, 0.4) is 0 Å². The Balaban J connectivity index is 1.51. The molecule has 2 saturated heterocycles. The molecular weight excluding hydrogens is 528 g/mol. The smallest absolute Gasteiger partial charge is 0.409 e. The van der Waals surface area contributed by atoms with Gasteiger partial charge in [-0.05, 0) is 42.8 Å². The molecule has 2 aromatic carbocycles. The van der Waals surface area contributed by atoms with Crippen molar-refractivity contribution in [2.75, 3.05) is 39.3 Å².